The maximum atomic E-state index is 6.10. The highest BCUT2D eigenvalue weighted by molar-refractivity contribution is 7.15. The van der Waals surface area contributed by atoms with Crippen molar-refractivity contribution in [2.75, 3.05) is 4.90 Å². The molecule has 5 heterocycles. The van der Waals surface area contributed by atoms with Crippen LogP contribution in [0.15, 0.2) is 11.4 Å². The van der Waals surface area contributed by atoms with Crippen LogP contribution < -0.4 is 10.3 Å². The van der Waals surface area contributed by atoms with E-state index in [-0.39, 0.29) is 11.8 Å². The minimum atomic E-state index is -0.0837. The van der Waals surface area contributed by atoms with Gasteiger partial charge in [-0.05, 0) is 18.9 Å². The number of nitrogens with one attached hydrogen (secondary N) is 1. The molecule has 0 saturated heterocycles. The van der Waals surface area contributed by atoms with Crippen LogP contribution in [0.5, 0.6) is 0 Å². The zero-order valence-corrected chi connectivity index (χ0v) is 13.2. The van der Waals surface area contributed by atoms with E-state index in [1.807, 2.05) is 4.90 Å². The van der Waals surface area contributed by atoms with Gasteiger partial charge in [0, 0.05) is 16.9 Å². The Morgan fingerprint density at radius 2 is 2.45 bits per heavy atom. The normalized spacial score (nSPS) is 27.9. The van der Waals surface area contributed by atoms with Crippen molar-refractivity contribution in [2.24, 2.45) is 5.10 Å². The summed E-state index contributed by atoms with van der Waals surface area (Å²) in [5.41, 5.74) is 5.83. The van der Waals surface area contributed by atoms with Gasteiger partial charge in [-0.1, -0.05) is 6.92 Å². The largest absolute Gasteiger partial charge is 0.369 e. The molecule has 1 N–H and O–H groups in total. The molecule has 0 saturated carbocycles. The molecule has 7 nitrogen and oxygen atoms in total. The molecular formula is C14H16N6OS. The Labute approximate surface area is 131 Å². The molecule has 2 aromatic heterocycles. The molecule has 3 aliphatic heterocycles. The van der Waals surface area contributed by atoms with Crippen LogP contribution in [0.2, 0.25) is 0 Å². The van der Waals surface area contributed by atoms with E-state index in [0.717, 1.165) is 18.8 Å². The molecule has 0 aliphatic carbocycles. The number of hydrazone groups is 1. The molecule has 2 aromatic rings. The molecule has 2 atom stereocenters. The van der Waals surface area contributed by atoms with Crippen LogP contribution in [0.4, 0.5) is 5.95 Å². The molecule has 114 valence electrons. The summed E-state index contributed by atoms with van der Waals surface area (Å²) < 4.78 is 8.16. The molecule has 0 radical (unpaired) electrons. The van der Waals surface area contributed by atoms with E-state index in [9.17, 15) is 0 Å². The Kier molecular flexibility index (Phi) is 2.34. The SMILES string of the molecule is CC[C@@]1(C)Cc2c(sc3c2C2NN=CN2c2nncn2-3)CO1. The van der Waals surface area contributed by atoms with Crippen LogP contribution >= 0.6 is 11.3 Å². The third-order valence-electron chi connectivity index (χ3n) is 4.87. The summed E-state index contributed by atoms with van der Waals surface area (Å²) in [6.07, 6.45) is 5.53. The van der Waals surface area contributed by atoms with Crippen molar-refractivity contribution in [3.63, 3.8) is 0 Å². The van der Waals surface area contributed by atoms with Crippen LogP contribution in [-0.2, 0) is 17.8 Å². The summed E-state index contributed by atoms with van der Waals surface area (Å²) in [6.45, 7) is 5.07. The Bertz CT molecular complexity index is 795. The monoisotopic (exact) mass is 316 g/mol. The van der Waals surface area contributed by atoms with Gasteiger partial charge in [-0.3, -0.25) is 14.9 Å². The van der Waals surface area contributed by atoms with Gasteiger partial charge in [0.15, 0.2) is 6.17 Å². The predicted octanol–water partition coefficient (Wildman–Crippen LogP) is 1.94. The van der Waals surface area contributed by atoms with Crippen LogP contribution in [0, 0.1) is 0 Å². The lowest BCUT2D eigenvalue weighted by Gasteiger charge is -2.35. The van der Waals surface area contributed by atoms with E-state index in [2.05, 4.69) is 39.1 Å². The summed E-state index contributed by atoms with van der Waals surface area (Å²) in [5, 5.41) is 13.7. The van der Waals surface area contributed by atoms with Gasteiger partial charge in [0.2, 0.25) is 5.95 Å². The lowest BCUT2D eigenvalue weighted by Crippen LogP contribution is -2.38. The smallest absolute Gasteiger partial charge is 0.239 e. The van der Waals surface area contributed by atoms with E-state index in [1.54, 1.807) is 24.0 Å². The second-order valence-corrected chi connectivity index (χ2v) is 7.26. The molecule has 22 heavy (non-hydrogen) atoms. The molecule has 0 fully saturated rings. The zero-order chi connectivity index (χ0) is 14.9. The number of rotatable bonds is 1. The van der Waals surface area contributed by atoms with Crippen molar-refractivity contribution in [3.8, 4) is 5.00 Å². The highest BCUT2D eigenvalue weighted by atomic mass is 32.1. The van der Waals surface area contributed by atoms with Crippen molar-refractivity contribution in [2.45, 2.75) is 45.1 Å². The van der Waals surface area contributed by atoms with Gasteiger partial charge in [0.05, 0.1) is 12.2 Å². The maximum Gasteiger partial charge on any atom is 0.239 e. The van der Waals surface area contributed by atoms with E-state index >= 15 is 0 Å². The van der Waals surface area contributed by atoms with E-state index in [0.29, 0.717) is 6.61 Å². The van der Waals surface area contributed by atoms with E-state index in [1.165, 1.54) is 21.0 Å². The fourth-order valence-corrected chi connectivity index (χ4v) is 4.62. The first-order valence-corrected chi connectivity index (χ1v) is 8.28. The summed E-state index contributed by atoms with van der Waals surface area (Å²) in [6, 6.07) is 0. The van der Waals surface area contributed by atoms with Crippen molar-refractivity contribution in [3.05, 3.63) is 22.3 Å². The van der Waals surface area contributed by atoms with Gasteiger partial charge >= 0.3 is 0 Å². The topological polar surface area (TPSA) is 67.6 Å². The number of thiophene rings is 1. The number of fused-ring (bicyclic) bond motifs is 8. The van der Waals surface area contributed by atoms with E-state index in [4.69, 9.17) is 4.74 Å². The maximum absolute atomic E-state index is 6.10. The number of anilines is 1. The van der Waals surface area contributed by atoms with Gasteiger partial charge in [-0.25, -0.2) is 0 Å². The number of ether oxygens (including phenoxy) is 1. The first kappa shape index (κ1) is 12.6. The minimum Gasteiger partial charge on any atom is -0.369 e. The predicted molar refractivity (Wildman–Crippen MR) is 83.3 cm³/mol. The summed E-state index contributed by atoms with van der Waals surface area (Å²) in [7, 11) is 0. The molecule has 0 bridgehead atoms. The average Bonchev–Trinajstić information content (AvgIpc) is 3.22. The molecule has 3 aliphatic rings. The van der Waals surface area contributed by atoms with Gasteiger partial charge in [-0.2, -0.15) is 5.10 Å². The molecule has 5 rings (SSSR count). The van der Waals surface area contributed by atoms with Crippen molar-refractivity contribution in [1.82, 2.24) is 20.2 Å². The van der Waals surface area contributed by atoms with Crippen molar-refractivity contribution >= 4 is 23.6 Å². The zero-order valence-electron chi connectivity index (χ0n) is 12.4. The molecule has 0 spiro atoms. The molecule has 0 amide bonds. The molecule has 8 heteroatoms. The number of aromatic nitrogens is 3. The van der Waals surface area contributed by atoms with E-state index < -0.39 is 0 Å². The molecular weight excluding hydrogens is 300 g/mol. The standard InChI is InChI=1S/C14H16N6OS/c1-3-14(2)4-8-9(5-21-14)22-12-10(8)11-17-15-6-19(11)13-18-16-7-20(12)13/h6-7,11,17H,3-5H2,1-2H3/t11?,14-/m0/s1. The number of hydrogen-bond acceptors (Lipinski definition) is 7. The van der Waals surface area contributed by atoms with Gasteiger partial charge in [-0.15, -0.1) is 21.5 Å². The Balaban J connectivity index is 1.73. The quantitative estimate of drug-likeness (QED) is 0.871. The number of nitrogens with zero attached hydrogens (tertiary/aromatic N) is 5. The van der Waals surface area contributed by atoms with Crippen LogP contribution in [0.3, 0.4) is 0 Å². The Morgan fingerprint density at radius 1 is 1.55 bits per heavy atom. The summed E-state index contributed by atoms with van der Waals surface area (Å²) in [5.74, 6) is 0.809. The number of hydrogen-bond donors (Lipinski definition) is 1. The van der Waals surface area contributed by atoms with Crippen LogP contribution in [-0.4, -0.2) is 26.7 Å². The molecule has 0 aromatic carbocycles. The van der Waals surface area contributed by atoms with Crippen molar-refractivity contribution in [1.29, 1.82) is 0 Å². The fourth-order valence-electron chi connectivity index (χ4n) is 3.39. The summed E-state index contributed by atoms with van der Waals surface area (Å²) >= 11 is 1.78. The first-order chi connectivity index (χ1) is 10.7. The summed E-state index contributed by atoms with van der Waals surface area (Å²) in [4.78, 5) is 3.35. The van der Waals surface area contributed by atoms with Gasteiger partial charge < -0.3 is 4.74 Å². The highest BCUT2D eigenvalue weighted by Crippen LogP contribution is 2.47. The second kappa shape index (κ2) is 4.08. The Hall–Kier alpha value is -1.93. The van der Waals surface area contributed by atoms with Gasteiger partial charge in [0.1, 0.15) is 17.7 Å². The second-order valence-electron chi connectivity index (χ2n) is 6.18. The third kappa shape index (κ3) is 1.46. The fraction of sp³-hybridized carbons (Fsp3) is 0.500. The van der Waals surface area contributed by atoms with Crippen LogP contribution in [0.1, 0.15) is 42.4 Å². The lowest BCUT2D eigenvalue weighted by atomic mass is 9.88. The minimum absolute atomic E-state index is 0.0194. The van der Waals surface area contributed by atoms with Crippen molar-refractivity contribution < 1.29 is 4.74 Å². The first-order valence-electron chi connectivity index (χ1n) is 7.46. The van der Waals surface area contributed by atoms with Gasteiger partial charge in [0.25, 0.3) is 0 Å². The highest BCUT2D eigenvalue weighted by Gasteiger charge is 2.42. The third-order valence-corrected chi connectivity index (χ3v) is 6.09. The average molecular weight is 316 g/mol. The molecule has 1 unspecified atom stereocenters. The van der Waals surface area contributed by atoms with Crippen LogP contribution in [0.25, 0.3) is 5.00 Å². The Morgan fingerprint density at radius 3 is 3.32 bits per heavy atom. The lowest BCUT2D eigenvalue weighted by molar-refractivity contribution is -0.0549.